The van der Waals surface area contributed by atoms with E-state index in [9.17, 15) is 0 Å². The predicted molar refractivity (Wildman–Crippen MR) is 77.2 cm³/mol. The lowest BCUT2D eigenvalue weighted by Crippen LogP contribution is -2.32. The molecule has 2 aromatic rings. The monoisotopic (exact) mass is 344 g/mol. The molecule has 2 heterocycles. The van der Waals surface area contributed by atoms with Gasteiger partial charge in [-0.3, -0.25) is 0 Å². The van der Waals surface area contributed by atoms with Crippen LogP contribution in [0.2, 0.25) is 0 Å². The van der Waals surface area contributed by atoms with E-state index < -0.39 is 5.79 Å². The van der Waals surface area contributed by atoms with Gasteiger partial charge in [0, 0.05) is 22.4 Å². The van der Waals surface area contributed by atoms with Gasteiger partial charge in [-0.1, -0.05) is 28.1 Å². The standard InChI is InChI=1S/C13H13BrN2O2.ClH/c14-12-3-1-11(2-4-12)13(17-7-8-18-13)9-16-6-5-15-10-16;/h1-6,10H,7-9H2;1H. The van der Waals surface area contributed by atoms with Crippen LogP contribution in [0.4, 0.5) is 0 Å². The maximum atomic E-state index is 5.85. The van der Waals surface area contributed by atoms with Crippen molar-refractivity contribution < 1.29 is 9.47 Å². The number of aromatic nitrogens is 2. The van der Waals surface area contributed by atoms with E-state index in [1.54, 1.807) is 12.5 Å². The SMILES string of the molecule is Brc1ccc(C2(Cn3ccnc3)OCCO2)cc1.Cl. The summed E-state index contributed by atoms with van der Waals surface area (Å²) in [6.45, 7) is 1.84. The lowest BCUT2D eigenvalue weighted by atomic mass is 10.1. The second kappa shape index (κ2) is 6.05. The molecule has 0 spiro atoms. The predicted octanol–water partition coefficient (Wildman–Crippen LogP) is 2.97. The summed E-state index contributed by atoms with van der Waals surface area (Å²) in [6.07, 6.45) is 5.43. The molecular weight excluding hydrogens is 332 g/mol. The first kappa shape index (κ1) is 14.5. The highest BCUT2D eigenvalue weighted by Crippen LogP contribution is 2.33. The Labute approximate surface area is 126 Å². The van der Waals surface area contributed by atoms with Crippen LogP contribution in [0.1, 0.15) is 5.56 Å². The Balaban J connectivity index is 0.00000133. The van der Waals surface area contributed by atoms with E-state index in [1.807, 2.05) is 35.0 Å². The minimum absolute atomic E-state index is 0. The van der Waals surface area contributed by atoms with Crippen LogP contribution in [0.25, 0.3) is 0 Å². The van der Waals surface area contributed by atoms with Crippen molar-refractivity contribution in [2.45, 2.75) is 12.3 Å². The van der Waals surface area contributed by atoms with Crippen LogP contribution in [0.3, 0.4) is 0 Å². The van der Waals surface area contributed by atoms with Crippen LogP contribution in [0, 0.1) is 0 Å². The van der Waals surface area contributed by atoms with Gasteiger partial charge in [0.25, 0.3) is 0 Å². The van der Waals surface area contributed by atoms with Gasteiger partial charge in [-0.25, -0.2) is 4.98 Å². The third kappa shape index (κ3) is 3.00. The van der Waals surface area contributed by atoms with Crippen LogP contribution in [0.5, 0.6) is 0 Å². The largest absolute Gasteiger partial charge is 0.342 e. The van der Waals surface area contributed by atoms with E-state index in [2.05, 4.69) is 20.9 Å². The molecule has 1 aromatic carbocycles. The van der Waals surface area contributed by atoms with Gasteiger partial charge in [-0.05, 0) is 12.1 Å². The Morgan fingerprint density at radius 3 is 2.47 bits per heavy atom. The van der Waals surface area contributed by atoms with Crippen LogP contribution in [0.15, 0.2) is 47.5 Å². The zero-order chi connectivity index (χ0) is 12.4. The van der Waals surface area contributed by atoms with E-state index in [1.165, 1.54) is 0 Å². The molecule has 0 aliphatic carbocycles. The molecule has 0 bridgehead atoms. The number of halogens is 2. The van der Waals surface area contributed by atoms with E-state index in [0.29, 0.717) is 19.8 Å². The van der Waals surface area contributed by atoms with Crippen molar-refractivity contribution in [1.82, 2.24) is 9.55 Å². The lowest BCUT2D eigenvalue weighted by molar-refractivity contribution is -0.176. The summed E-state index contributed by atoms with van der Waals surface area (Å²) in [5, 5.41) is 0. The van der Waals surface area contributed by atoms with Crippen molar-refractivity contribution >= 4 is 28.3 Å². The minimum atomic E-state index is -0.693. The summed E-state index contributed by atoms with van der Waals surface area (Å²) in [5.74, 6) is -0.693. The van der Waals surface area contributed by atoms with E-state index in [4.69, 9.17) is 9.47 Å². The van der Waals surface area contributed by atoms with E-state index in [0.717, 1.165) is 10.0 Å². The molecule has 3 rings (SSSR count). The zero-order valence-electron chi connectivity index (χ0n) is 10.2. The van der Waals surface area contributed by atoms with Gasteiger partial charge >= 0.3 is 0 Å². The Morgan fingerprint density at radius 2 is 1.89 bits per heavy atom. The molecule has 0 unspecified atom stereocenters. The summed E-state index contributed by atoms with van der Waals surface area (Å²) >= 11 is 3.44. The Hall–Kier alpha value is -0.880. The molecule has 1 saturated heterocycles. The number of rotatable bonds is 3. The fraction of sp³-hybridized carbons (Fsp3) is 0.308. The molecule has 19 heavy (non-hydrogen) atoms. The van der Waals surface area contributed by atoms with Gasteiger partial charge in [0.1, 0.15) is 0 Å². The van der Waals surface area contributed by atoms with Crippen LogP contribution < -0.4 is 0 Å². The quantitative estimate of drug-likeness (QED) is 0.858. The molecule has 0 amide bonds. The minimum Gasteiger partial charge on any atom is -0.342 e. The molecule has 102 valence electrons. The molecular formula is C13H14BrClN2O2. The molecule has 4 nitrogen and oxygen atoms in total. The molecule has 1 aliphatic heterocycles. The fourth-order valence-corrected chi connectivity index (χ4v) is 2.39. The van der Waals surface area contributed by atoms with Crippen molar-refractivity contribution in [3.8, 4) is 0 Å². The molecule has 0 N–H and O–H groups in total. The first-order valence-corrected chi connectivity index (χ1v) is 6.57. The van der Waals surface area contributed by atoms with Gasteiger partial charge in [0.2, 0.25) is 5.79 Å². The van der Waals surface area contributed by atoms with Gasteiger partial charge in [0.15, 0.2) is 0 Å². The molecule has 1 fully saturated rings. The van der Waals surface area contributed by atoms with Crippen LogP contribution in [-0.4, -0.2) is 22.8 Å². The van der Waals surface area contributed by atoms with Crippen LogP contribution >= 0.6 is 28.3 Å². The van der Waals surface area contributed by atoms with Gasteiger partial charge in [-0.2, -0.15) is 0 Å². The number of ether oxygens (including phenoxy) is 2. The number of benzene rings is 1. The average molecular weight is 346 g/mol. The summed E-state index contributed by atoms with van der Waals surface area (Å²) < 4.78 is 14.7. The summed E-state index contributed by atoms with van der Waals surface area (Å²) in [4.78, 5) is 4.05. The van der Waals surface area contributed by atoms with E-state index in [-0.39, 0.29) is 12.4 Å². The first-order valence-electron chi connectivity index (χ1n) is 5.78. The Bertz CT molecular complexity index is 510. The summed E-state index contributed by atoms with van der Waals surface area (Å²) in [5.41, 5.74) is 1.02. The number of hydrogen-bond acceptors (Lipinski definition) is 3. The molecule has 1 aliphatic rings. The normalized spacial score (nSPS) is 17.1. The second-order valence-electron chi connectivity index (χ2n) is 4.19. The van der Waals surface area contributed by atoms with Gasteiger partial charge in [-0.15, -0.1) is 12.4 Å². The van der Waals surface area contributed by atoms with Crippen molar-refractivity contribution in [2.24, 2.45) is 0 Å². The number of imidazole rings is 1. The van der Waals surface area contributed by atoms with Crippen molar-refractivity contribution in [3.63, 3.8) is 0 Å². The summed E-state index contributed by atoms with van der Waals surface area (Å²) in [6, 6.07) is 8.03. The fourth-order valence-electron chi connectivity index (χ4n) is 2.13. The molecule has 6 heteroatoms. The topological polar surface area (TPSA) is 36.3 Å². The highest BCUT2D eigenvalue weighted by atomic mass is 79.9. The average Bonchev–Trinajstić information content (AvgIpc) is 3.03. The lowest BCUT2D eigenvalue weighted by Gasteiger charge is -2.28. The van der Waals surface area contributed by atoms with Crippen molar-refractivity contribution in [2.75, 3.05) is 13.2 Å². The zero-order valence-corrected chi connectivity index (χ0v) is 12.6. The third-order valence-corrected chi connectivity index (χ3v) is 3.52. The maximum absolute atomic E-state index is 5.85. The second-order valence-corrected chi connectivity index (χ2v) is 5.11. The van der Waals surface area contributed by atoms with Gasteiger partial charge in [0.05, 0.1) is 26.1 Å². The molecule has 0 atom stereocenters. The van der Waals surface area contributed by atoms with E-state index >= 15 is 0 Å². The number of hydrogen-bond donors (Lipinski definition) is 0. The molecule has 1 aromatic heterocycles. The summed E-state index contributed by atoms with van der Waals surface area (Å²) in [7, 11) is 0. The smallest absolute Gasteiger partial charge is 0.213 e. The third-order valence-electron chi connectivity index (χ3n) is 2.99. The first-order chi connectivity index (χ1) is 8.78. The van der Waals surface area contributed by atoms with Crippen molar-refractivity contribution in [3.05, 3.63) is 53.0 Å². The number of nitrogens with zero attached hydrogens (tertiary/aromatic N) is 2. The highest BCUT2D eigenvalue weighted by molar-refractivity contribution is 9.10. The Kier molecular flexibility index (Phi) is 4.62. The van der Waals surface area contributed by atoms with Crippen molar-refractivity contribution in [1.29, 1.82) is 0 Å². The van der Waals surface area contributed by atoms with Gasteiger partial charge < -0.3 is 14.0 Å². The van der Waals surface area contributed by atoms with Crippen LogP contribution in [-0.2, 0) is 21.8 Å². The molecule has 0 radical (unpaired) electrons. The Morgan fingerprint density at radius 1 is 1.21 bits per heavy atom. The molecule has 0 saturated carbocycles. The highest BCUT2D eigenvalue weighted by Gasteiger charge is 2.38. The maximum Gasteiger partial charge on any atom is 0.213 e.